The van der Waals surface area contributed by atoms with Crippen molar-refractivity contribution >= 4 is 28.2 Å². The van der Waals surface area contributed by atoms with Crippen molar-refractivity contribution in [3.8, 4) is 5.75 Å². The first-order valence-corrected chi connectivity index (χ1v) is 12.2. The molecule has 10 nitrogen and oxygen atoms in total. The van der Waals surface area contributed by atoms with E-state index in [0.717, 1.165) is 24.3 Å². The predicted molar refractivity (Wildman–Crippen MR) is 136 cm³/mol. The Kier molecular flexibility index (Phi) is 5.77. The highest BCUT2D eigenvalue weighted by atomic mass is 19.1. The number of aliphatic hydroxyl groups excluding tert-OH is 1. The summed E-state index contributed by atoms with van der Waals surface area (Å²) in [5, 5.41) is 20.2. The van der Waals surface area contributed by atoms with Gasteiger partial charge in [-0.3, -0.25) is 4.68 Å². The number of anilines is 2. The lowest BCUT2D eigenvalue weighted by atomic mass is 9.89. The van der Waals surface area contributed by atoms with Gasteiger partial charge < -0.3 is 20.5 Å². The Hall–Kier alpha value is -3.47. The minimum absolute atomic E-state index is 0.0334. The highest BCUT2D eigenvalue weighted by molar-refractivity contribution is 5.95. The molecule has 36 heavy (non-hydrogen) atoms. The van der Waals surface area contributed by atoms with Gasteiger partial charge in [-0.05, 0) is 46.1 Å². The average molecular weight is 497 g/mol. The molecule has 3 N–H and O–H groups in total. The summed E-state index contributed by atoms with van der Waals surface area (Å²) in [6.45, 7) is 11.5. The van der Waals surface area contributed by atoms with Gasteiger partial charge >= 0.3 is 0 Å². The molecule has 3 aromatic heterocycles. The zero-order chi connectivity index (χ0) is 25.9. The number of piperidine rings is 1. The topological polar surface area (TPSA) is 120 Å². The van der Waals surface area contributed by atoms with E-state index in [4.69, 9.17) is 25.7 Å². The number of fused-ring (bicyclic) bond motifs is 3. The van der Waals surface area contributed by atoms with Gasteiger partial charge in [-0.2, -0.15) is 9.61 Å². The van der Waals surface area contributed by atoms with E-state index in [2.05, 4.69) is 16.8 Å². The van der Waals surface area contributed by atoms with Crippen molar-refractivity contribution < 1.29 is 14.2 Å². The number of nitrogens with zero attached hydrogens (tertiary/aromatic N) is 7. The van der Waals surface area contributed by atoms with Crippen molar-refractivity contribution in [1.29, 1.82) is 0 Å². The van der Waals surface area contributed by atoms with Gasteiger partial charge in [-0.25, -0.2) is 14.4 Å². The van der Waals surface area contributed by atoms with E-state index in [1.807, 2.05) is 31.6 Å². The van der Waals surface area contributed by atoms with Crippen LogP contribution < -0.4 is 15.4 Å². The summed E-state index contributed by atoms with van der Waals surface area (Å²) < 4.78 is 23.0. The molecular formula is C25H33FN8O2. The fraction of sp³-hybridized carbons (Fsp3) is 0.520. The molecule has 5 rings (SSSR count). The monoisotopic (exact) mass is 496 g/mol. The van der Waals surface area contributed by atoms with Crippen molar-refractivity contribution in [2.24, 2.45) is 5.92 Å². The summed E-state index contributed by atoms with van der Waals surface area (Å²) >= 11 is 0. The number of methoxy groups -OCH3 is 1. The summed E-state index contributed by atoms with van der Waals surface area (Å²) in [4.78, 5) is 11.5. The number of benzene rings is 1. The van der Waals surface area contributed by atoms with Gasteiger partial charge in [0.15, 0.2) is 11.5 Å². The van der Waals surface area contributed by atoms with Gasteiger partial charge in [0.05, 0.1) is 35.5 Å². The van der Waals surface area contributed by atoms with Crippen LogP contribution in [0.15, 0.2) is 18.3 Å². The van der Waals surface area contributed by atoms with Crippen molar-refractivity contribution in [2.75, 3.05) is 30.8 Å². The number of nitrogen functional groups attached to an aromatic ring is 1. The highest BCUT2D eigenvalue weighted by Gasteiger charge is 2.33. The molecule has 0 aliphatic carbocycles. The van der Waals surface area contributed by atoms with Crippen LogP contribution in [0.25, 0.3) is 16.6 Å². The van der Waals surface area contributed by atoms with Crippen LogP contribution in [0.5, 0.6) is 5.75 Å². The highest BCUT2D eigenvalue weighted by Crippen LogP contribution is 2.35. The van der Waals surface area contributed by atoms with Crippen LogP contribution >= 0.6 is 0 Å². The minimum Gasteiger partial charge on any atom is -0.494 e. The largest absolute Gasteiger partial charge is 0.494 e. The van der Waals surface area contributed by atoms with Gasteiger partial charge in [0, 0.05) is 31.3 Å². The maximum Gasteiger partial charge on any atom is 0.223 e. The number of nitrogens with two attached hydrogens (primary N) is 1. The van der Waals surface area contributed by atoms with Crippen LogP contribution in [0.4, 0.5) is 16.0 Å². The SMILES string of the molecule is COc1cc(F)cc2c1nc(N)n1nc([C@H]3C[C@@H](C)CN(c4cn(C(C)(C)[C@@H](C)O)nc4C)C3)nc21. The van der Waals surface area contributed by atoms with Gasteiger partial charge in [0.1, 0.15) is 17.1 Å². The maximum absolute atomic E-state index is 14.3. The molecule has 0 saturated carbocycles. The Bertz CT molecular complexity index is 1440. The Morgan fingerprint density at radius 2 is 1.97 bits per heavy atom. The zero-order valence-electron chi connectivity index (χ0n) is 21.5. The second-order valence-electron chi connectivity index (χ2n) is 10.5. The zero-order valence-corrected chi connectivity index (χ0v) is 21.5. The molecule has 11 heteroatoms. The second kappa shape index (κ2) is 8.58. The molecule has 0 radical (unpaired) electrons. The van der Waals surface area contributed by atoms with E-state index in [-0.39, 0.29) is 11.9 Å². The molecule has 4 aromatic rings. The first-order chi connectivity index (χ1) is 17.0. The smallest absolute Gasteiger partial charge is 0.223 e. The molecule has 0 spiro atoms. The summed E-state index contributed by atoms with van der Waals surface area (Å²) in [7, 11) is 1.47. The van der Waals surface area contributed by atoms with E-state index in [1.54, 1.807) is 6.92 Å². The van der Waals surface area contributed by atoms with Crippen LogP contribution in [0.1, 0.15) is 51.6 Å². The Morgan fingerprint density at radius 3 is 2.67 bits per heavy atom. The molecule has 192 valence electrons. The standard InChI is InChI=1S/C25H33FN8O2/c1-13-7-16(11-32(10-13)19-12-33(30-14(19)2)25(4,5)15(3)35)22-29-23-18-8-17(26)9-20(36-6)21(18)28-24(27)34(23)31-22/h8-9,12-13,15-16,35H,7,10-11H2,1-6H3,(H2,27,28)/t13-,15-,16+/m1/s1. The quantitative estimate of drug-likeness (QED) is 0.432. The third-order valence-corrected chi connectivity index (χ3v) is 7.42. The van der Waals surface area contributed by atoms with Crippen LogP contribution in [0.2, 0.25) is 0 Å². The van der Waals surface area contributed by atoms with Crippen LogP contribution in [-0.4, -0.2) is 60.8 Å². The normalized spacial score (nSPS) is 19.8. The summed E-state index contributed by atoms with van der Waals surface area (Å²) in [5.74, 6) is 1.08. The van der Waals surface area contributed by atoms with E-state index < -0.39 is 17.5 Å². The Morgan fingerprint density at radius 1 is 1.22 bits per heavy atom. The molecule has 0 unspecified atom stereocenters. The van der Waals surface area contributed by atoms with E-state index in [1.165, 1.54) is 23.8 Å². The number of halogens is 1. The lowest BCUT2D eigenvalue weighted by Crippen LogP contribution is -2.39. The minimum atomic E-state index is -0.558. The molecular weight excluding hydrogens is 463 g/mol. The van der Waals surface area contributed by atoms with Crippen molar-refractivity contribution in [3.05, 3.63) is 35.7 Å². The van der Waals surface area contributed by atoms with Crippen LogP contribution in [0.3, 0.4) is 0 Å². The summed E-state index contributed by atoms with van der Waals surface area (Å²) in [6.07, 6.45) is 2.36. The third kappa shape index (κ3) is 3.91. The number of aryl methyl sites for hydroxylation is 1. The maximum atomic E-state index is 14.3. The lowest BCUT2D eigenvalue weighted by Gasteiger charge is -2.36. The second-order valence-corrected chi connectivity index (χ2v) is 10.5. The number of hydrogen-bond acceptors (Lipinski definition) is 8. The summed E-state index contributed by atoms with van der Waals surface area (Å²) in [5.41, 5.74) is 8.53. The average Bonchev–Trinajstić information content (AvgIpc) is 3.44. The lowest BCUT2D eigenvalue weighted by molar-refractivity contribution is 0.0645. The van der Waals surface area contributed by atoms with E-state index in [0.29, 0.717) is 40.6 Å². The third-order valence-electron chi connectivity index (χ3n) is 7.42. The van der Waals surface area contributed by atoms with Crippen LogP contribution in [0, 0.1) is 18.7 Å². The van der Waals surface area contributed by atoms with Crippen molar-refractivity contribution in [3.63, 3.8) is 0 Å². The molecule has 0 bridgehead atoms. The molecule has 1 aliphatic rings. The van der Waals surface area contributed by atoms with Crippen molar-refractivity contribution in [1.82, 2.24) is 29.4 Å². The molecule has 3 atom stereocenters. The molecule has 4 heterocycles. The summed E-state index contributed by atoms with van der Waals surface area (Å²) in [6, 6.07) is 2.67. The van der Waals surface area contributed by atoms with E-state index >= 15 is 0 Å². The number of hydrogen-bond donors (Lipinski definition) is 2. The van der Waals surface area contributed by atoms with Gasteiger partial charge in [0.25, 0.3) is 0 Å². The van der Waals surface area contributed by atoms with Gasteiger partial charge in [0.2, 0.25) is 5.95 Å². The van der Waals surface area contributed by atoms with Crippen molar-refractivity contribution in [2.45, 2.75) is 58.6 Å². The number of aromatic nitrogens is 6. The van der Waals surface area contributed by atoms with Gasteiger partial charge in [-0.15, -0.1) is 5.10 Å². The molecule has 1 aliphatic heterocycles. The predicted octanol–water partition coefficient (Wildman–Crippen LogP) is 3.26. The van der Waals surface area contributed by atoms with Gasteiger partial charge in [-0.1, -0.05) is 6.92 Å². The first kappa shape index (κ1) is 24.2. The molecule has 1 saturated heterocycles. The molecule has 0 amide bonds. The molecule has 1 aromatic carbocycles. The molecule has 1 fully saturated rings. The number of rotatable bonds is 5. The fourth-order valence-corrected chi connectivity index (χ4v) is 5.00. The Labute approximate surface area is 208 Å². The van der Waals surface area contributed by atoms with E-state index in [9.17, 15) is 9.50 Å². The van der Waals surface area contributed by atoms with Crippen LogP contribution in [-0.2, 0) is 5.54 Å². The Balaban J connectivity index is 1.54. The first-order valence-electron chi connectivity index (χ1n) is 12.2. The fourth-order valence-electron chi connectivity index (χ4n) is 5.00. The number of ether oxygens (including phenoxy) is 1. The number of aliphatic hydroxyl groups is 1.